The van der Waals surface area contributed by atoms with E-state index in [2.05, 4.69) is 14.9 Å². The SMILES string of the molecule is COc1ccc2nccc([C@H](O)CC[C@@H]3CCN(CCSc4nccs4)C[C@H]3CCC(=O)O)c2c1. The Kier molecular flexibility index (Phi) is 9.37. The van der Waals surface area contributed by atoms with E-state index in [0.29, 0.717) is 24.7 Å². The van der Waals surface area contributed by atoms with E-state index in [0.717, 1.165) is 64.8 Å². The Bertz CT molecular complexity index is 1100. The van der Waals surface area contributed by atoms with Gasteiger partial charge in [-0.25, -0.2) is 4.98 Å². The topological polar surface area (TPSA) is 95.8 Å². The van der Waals surface area contributed by atoms with Crippen LogP contribution in [0.1, 0.15) is 43.8 Å². The van der Waals surface area contributed by atoms with E-state index in [1.807, 2.05) is 35.8 Å². The van der Waals surface area contributed by atoms with Crippen molar-refractivity contribution in [2.45, 2.75) is 42.5 Å². The zero-order valence-electron chi connectivity index (χ0n) is 20.0. The number of likely N-dealkylation sites (tertiary alicyclic amines) is 1. The van der Waals surface area contributed by atoms with Crippen LogP contribution in [-0.2, 0) is 4.79 Å². The number of thioether (sulfide) groups is 1. The summed E-state index contributed by atoms with van der Waals surface area (Å²) in [6.45, 7) is 2.91. The molecule has 3 atom stereocenters. The number of ether oxygens (including phenoxy) is 1. The first-order chi connectivity index (χ1) is 17.0. The van der Waals surface area contributed by atoms with Gasteiger partial charge in [0, 0.05) is 48.4 Å². The number of fused-ring (bicyclic) bond motifs is 1. The third kappa shape index (κ3) is 7.16. The summed E-state index contributed by atoms with van der Waals surface area (Å²) in [5, 5.41) is 23.3. The van der Waals surface area contributed by atoms with Gasteiger partial charge >= 0.3 is 5.97 Å². The lowest BCUT2D eigenvalue weighted by atomic mass is 9.79. The largest absolute Gasteiger partial charge is 0.497 e. The molecule has 2 N–H and O–H groups in total. The molecule has 1 aromatic carbocycles. The van der Waals surface area contributed by atoms with Gasteiger partial charge in [0.1, 0.15) is 10.1 Å². The number of nitrogens with zero attached hydrogens (tertiary/aromatic N) is 3. The number of benzene rings is 1. The van der Waals surface area contributed by atoms with Crippen molar-refractivity contribution in [2.75, 3.05) is 32.5 Å². The van der Waals surface area contributed by atoms with Crippen molar-refractivity contribution in [2.24, 2.45) is 11.8 Å². The second kappa shape index (κ2) is 12.7. The molecular weight excluding hydrogens is 482 g/mol. The predicted molar refractivity (Wildman–Crippen MR) is 140 cm³/mol. The van der Waals surface area contributed by atoms with Gasteiger partial charge in [-0.3, -0.25) is 9.78 Å². The summed E-state index contributed by atoms with van der Waals surface area (Å²) in [6, 6.07) is 7.60. The zero-order valence-corrected chi connectivity index (χ0v) is 21.6. The quantitative estimate of drug-likeness (QED) is 0.321. The Morgan fingerprint density at radius 2 is 2.14 bits per heavy atom. The third-order valence-corrected chi connectivity index (χ3v) is 8.85. The normalized spacial score (nSPS) is 19.6. The van der Waals surface area contributed by atoms with Crippen molar-refractivity contribution in [1.82, 2.24) is 14.9 Å². The number of piperidine rings is 1. The molecule has 0 radical (unpaired) electrons. The molecule has 0 spiro atoms. The molecule has 35 heavy (non-hydrogen) atoms. The fraction of sp³-hybridized carbons (Fsp3) is 0.500. The summed E-state index contributed by atoms with van der Waals surface area (Å²) < 4.78 is 6.46. The molecule has 1 aliphatic heterocycles. The Morgan fingerprint density at radius 3 is 2.91 bits per heavy atom. The highest BCUT2D eigenvalue weighted by Gasteiger charge is 2.30. The average molecular weight is 516 g/mol. The molecule has 0 unspecified atom stereocenters. The van der Waals surface area contributed by atoms with Crippen LogP contribution in [0, 0.1) is 11.8 Å². The Morgan fingerprint density at radius 1 is 1.26 bits per heavy atom. The lowest BCUT2D eigenvalue weighted by Crippen LogP contribution is -2.41. The summed E-state index contributed by atoms with van der Waals surface area (Å²) in [5.74, 6) is 1.73. The molecule has 1 aliphatic rings. The van der Waals surface area contributed by atoms with Crippen LogP contribution in [0.15, 0.2) is 46.4 Å². The molecule has 2 aromatic heterocycles. The molecule has 7 nitrogen and oxygen atoms in total. The van der Waals surface area contributed by atoms with Crippen LogP contribution in [0.2, 0.25) is 0 Å². The average Bonchev–Trinajstić information content (AvgIpc) is 3.39. The Labute approximate surface area is 214 Å². The summed E-state index contributed by atoms with van der Waals surface area (Å²) >= 11 is 3.45. The number of thiazole rings is 1. The number of carbonyl (C=O) groups is 1. The molecule has 3 heterocycles. The van der Waals surface area contributed by atoms with Gasteiger partial charge in [0.2, 0.25) is 0 Å². The Hall–Kier alpha value is -2.20. The highest BCUT2D eigenvalue weighted by molar-refractivity contribution is 8.01. The van der Waals surface area contributed by atoms with E-state index in [4.69, 9.17) is 4.74 Å². The fourth-order valence-electron chi connectivity index (χ4n) is 5.01. The number of carboxylic acid groups (broad SMARTS) is 1. The second-order valence-electron chi connectivity index (χ2n) is 9.06. The molecule has 3 aromatic rings. The standard InChI is InChI=1S/C26H33N3O4S2/c1-33-20-4-5-23-22(16-20)21(8-10-27-23)24(30)6-2-18-9-12-29(17-19(18)3-7-25(31)32)13-15-35-26-28-11-14-34-26/h4-5,8,10-11,14,16,18-19,24,30H,2-3,6-7,9,12-13,15,17H2,1H3,(H,31,32)/t18-,19-,24-/m1/s1. The van der Waals surface area contributed by atoms with Gasteiger partial charge in [-0.15, -0.1) is 11.3 Å². The van der Waals surface area contributed by atoms with Gasteiger partial charge in [-0.1, -0.05) is 11.8 Å². The van der Waals surface area contributed by atoms with Crippen LogP contribution in [0.5, 0.6) is 5.75 Å². The summed E-state index contributed by atoms with van der Waals surface area (Å²) in [4.78, 5) is 22.5. The van der Waals surface area contributed by atoms with Crippen molar-refractivity contribution in [3.63, 3.8) is 0 Å². The number of aliphatic hydroxyl groups is 1. The molecule has 9 heteroatoms. The number of pyridine rings is 1. The van der Waals surface area contributed by atoms with Gasteiger partial charge in [0.05, 0.1) is 18.7 Å². The number of hydrogen-bond acceptors (Lipinski definition) is 8. The van der Waals surface area contributed by atoms with E-state index < -0.39 is 12.1 Å². The van der Waals surface area contributed by atoms with E-state index >= 15 is 0 Å². The maximum atomic E-state index is 11.3. The molecule has 0 amide bonds. The molecule has 0 aliphatic carbocycles. The van der Waals surface area contributed by atoms with Crippen LogP contribution in [-0.4, -0.2) is 63.5 Å². The second-order valence-corrected chi connectivity index (χ2v) is 11.3. The molecular formula is C26H33N3O4S2. The van der Waals surface area contributed by atoms with Gasteiger partial charge in [0.25, 0.3) is 0 Å². The van der Waals surface area contributed by atoms with E-state index in [1.165, 1.54) is 0 Å². The first-order valence-electron chi connectivity index (χ1n) is 12.1. The number of carboxylic acids is 1. The van der Waals surface area contributed by atoms with Crippen molar-refractivity contribution in [3.8, 4) is 5.75 Å². The molecule has 1 fully saturated rings. The zero-order chi connectivity index (χ0) is 24.6. The minimum absolute atomic E-state index is 0.195. The highest BCUT2D eigenvalue weighted by atomic mass is 32.2. The molecule has 4 rings (SSSR count). The van der Waals surface area contributed by atoms with Gasteiger partial charge in [0.15, 0.2) is 0 Å². The van der Waals surface area contributed by atoms with Crippen LogP contribution < -0.4 is 4.74 Å². The minimum atomic E-state index is -0.738. The summed E-state index contributed by atoms with van der Waals surface area (Å²) in [7, 11) is 1.63. The number of rotatable bonds is 12. The lowest BCUT2D eigenvalue weighted by molar-refractivity contribution is -0.137. The molecule has 188 valence electrons. The maximum absolute atomic E-state index is 11.3. The number of aliphatic carboxylic acids is 1. The molecule has 0 saturated carbocycles. The highest BCUT2D eigenvalue weighted by Crippen LogP contribution is 2.35. The number of methoxy groups -OCH3 is 1. The fourth-order valence-corrected chi connectivity index (χ4v) is 6.72. The summed E-state index contributed by atoms with van der Waals surface area (Å²) in [6.07, 6.45) is 6.41. The van der Waals surface area contributed by atoms with Gasteiger partial charge in [-0.2, -0.15) is 0 Å². The van der Waals surface area contributed by atoms with Crippen LogP contribution >= 0.6 is 23.1 Å². The van der Waals surface area contributed by atoms with E-state index in [9.17, 15) is 15.0 Å². The lowest BCUT2D eigenvalue weighted by Gasteiger charge is -2.39. The summed E-state index contributed by atoms with van der Waals surface area (Å²) in [5.41, 5.74) is 1.71. The van der Waals surface area contributed by atoms with Crippen LogP contribution in [0.4, 0.5) is 0 Å². The first-order valence-corrected chi connectivity index (χ1v) is 14.0. The van der Waals surface area contributed by atoms with Gasteiger partial charge < -0.3 is 19.8 Å². The maximum Gasteiger partial charge on any atom is 0.303 e. The number of aliphatic hydroxyl groups excluding tert-OH is 1. The number of hydrogen-bond donors (Lipinski definition) is 2. The smallest absolute Gasteiger partial charge is 0.303 e. The first kappa shape index (κ1) is 25.9. The van der Waals surface area contributed by atoms with E-state index in [-0.39, 0.29) is 6.42 Å². The van der Waals surface area contributed by atoms with Gasteiger partial charge in [-0.05, 0) is 73.9 Å². The van der Waals surface area contributed by atoms with Crippen molar-refractivity contribution >= 4 is 40.0 Å². The Balaban J connectivity index is 1.36. The number of aromatic nitrogens is 2. The van der Waals surface area contributed by atoms with Crippen LogP contribution in [0.25, 0.3) is 10.9 Å². The predicted octanol–water partition coefficient (Wildman–Crippen LogP) is 5.11. The minimum Gasteiger partial charge on any atom is -0.497 e. The van der Waals surface area contributed by atoms with Crippen molar-refractivity contribution in [1.29, 1.82) is 0 Å². The molecule has 1 saturated heterocycles. The van der Waals surface area contributed by atoms with Crippen molar-refractivity contribution < 1.29 is 19.7 Å². The third-order valence-electron chi connectivity index (χ3n) is 6.90. The van der Waals surface area contributed by atoms with E-state index in [1.54, 1.807) is 36.4 Å². The molecule has 0 bridgehead atoms. The van der Waals surface area contributed by atoms with Crippen molar-refractivity contribution in [3.05, 3.63) is 47.6 Å². The van der Waals surface area contributed by atoms with Crippen LogP contribution in [0.3, 0.4) is 0 Å². The monoisotopic (exact) mass is 515 g/mol.